The van der Waals surface area contributed by atoms with E-state index in [0.29, 0.717) is 6.42 Å². The highest BCUT2D eigenvalue weighted by Crippen LogP contribution is 2.29. The van der Waals surface area contributed by atoms with Crippen LogP contribution in [0.15, 0.2) is 35.7 Å². The van der Waals surface area contributed by atoms with Crippen molar-refractivity contribution >= 4 is 17.0 Å². The van der Waals surface area contributed by atoms with Crippen LogP contribution in [-0.4, -0.2) is 25.9 Å². The molecule has 0 aliphatic heterocycles. The summed E-state index contributed by atoms with van der Waals surface area (Å²) >= 11 is 1.70. The van der Waals surface area contributed by atoms with Crippen LogP contribution in [0, 0.1) is 11.8 Å². The summed E-state index contributed by atoms with van der Waals surface area (Å²) in [5.74, 6) is 6.96. The molecule has 0 saturated carbocycles. The Labute approximate surface area is 129 Å². The molecule has 3 nitrogen and oxygen atoms in total. The predicted molar refractivity (Wildman–Crippen MR) is 88.0 cm³/mol. The lowest BCUT2D eigenvalue weighted by Gasteiger charge is -2.21. The fraction of sp³-hybridized carbons (Fsp3) is 0.294. The summed E-state index contributed by atoms with van der Waals surface area (Å²) in [6.45, 7) is 0.884. The molecule has 1 aromatic heterocycles. The minimum absolute atomic E-state index is 0.105. The van der Waals surface area contributed by atoms with Crippen LogP contribution < -0.4 is 9.64 Å². The Morgan fingerprint density at radius 3 is 2.86 bits per heavy atom. The van der Waals surface area contributed by atoms with E-state index in [4.69, 9.17) is 9.84 Å². The number of methoxy groups -OCH3 is 1. The van der Waals surface area contributed by atoms with Gasteiger partial charge in [-0.15, -0.1) is 11.3 Å². The number of aliphatic hydroxyl groups is 1. The second-order valence-corrected chi connectivity index (χ2v) is 5.56. The summed E-state index contributed by atoms with van der Waals surface area (Å²) in [6.07, 6.45) is 0.512. The molecule has 4 heteroatoms. The second-order valence-electron chi connectivity index (χ2n) is 4.56. The van der Waals surface area contributed by atoms with Crippen molar-refractivity contribution in [2.24, 2.45) is 0 Å². The van der Waals surface area contributed by atoms with Crippen molar-refractivity contribution in [3.8, 4) is 17.6 Å². The molecule has 1 N–H and O–H groups in total. The van der Waals surface area contributed by atoms with Crippen molar-refractivity contribution in [1.82, 2.24) is 0 Å². The summed E-state index contributed by atoms with van der Waals surface area (Å²) in [5, 5.41) is 10.8. The Morgan fingerprint density at radius 1 is 1.29 bits per heavy atom. The van der Waals surface area contributed by atoms with Crippen LogP contribution in [0.25, 0.3) is 0 Å². The topological polar surface area (TPSA) is 32.7 Å². The van der Waals surface area contributed by atoms with Gasteiger partial charge in [0.2, 0.25) is 0 Å². The fourth-order valence-corrected chi connectivity index (χ4v) is 2.92. The van der Waals surface area contributed by atoms with Gasteiger partial charge in [-0.25, -0.2) is 0 Å². The number of nitrogens with zero attached hydrogens (tertiary/aromatic N) is 1. The van der Waals surface area contributed by atoms with E-state index in [0.717, 1.165) is 23.5 Å². The van der Waals surface area contributed by atoms with Crippen LogP contribution in [-0.2, 0) is 6.54 Å². The zero-order valence-electron chi connectivity index (χ0n) is 12.3. The number of benzene rings is 1. The third-order valence-corrected chi connectivity index (χ3v) is 3.99. The van der Waals surface area contributed by atoms with E-state index in [2.05, 4.69) is 16.7 Å². The second kappa shape index (κ2) is 7.72. The molecule has 0 atom stereocenters. The van der Waals surface area contributed by atoms with Gasteiger partial charge in [0.15, 0.2) is 0 Å². The average Bonchev–Trinajstić information content (AvgIpc) is 2.94. The van der Waals surface area contributed by atoms with Gasteiger partial charge in [0.05, 0.1) is 25.9 Å². The highest BCUT2D eigenvalue weighted by molar-refractivity contribution is 7.10. The van der Waals surface area contributed by atoms with Gasteiger partial charge in [-0.05, 0) is 23.6 Å². The fourth-order valence-electron chi connectivity index (χ4n) is 2.03. The van der Waals surface area contributed by atoms with Gasteiger partial charge in [-0.1, -0.05) is 24.0 Å². The van der Waals surface area contributed by atoms with Gasteiger partial charge in [0.25, 0.3) is 0 Å². The van der Waals surface area contributed by atoms with Gasteiger partial charge in [0, 0.05) is 23.9 Å². The summed E-state index contributed by atoms with van der Waals surface area (Å²) in [6, 6.07) is 10.0. The predicted octanol–water partition coefficient (Wildman–Crippen LogP) is 3.13. The van der Waals surface area contributed by atoms with E-state index in [1.165, 1.54) is 4.88 Å². The SMILES string of the molecule is COc1ccccc1N(C)Cc1sccc1C#CCCO. The van der Waals surface area contributed by atoms with Gasteiger partial charge < -0.3 is 14.7 Å². The maximum Gasteiger partial charge on any atom is 0.142 e. The highest BCUT2D eigenvalue weighted by atomic mass is 32.1. The molecule has 2 aromatic rings. The van der Waals surface area contributed by atoms with Gasteiger partial charge in [0.1, 0.15) is 5.75 Å². The van der Waals surface area contributed by atoms with Crippen LogP contribution in [0.4, 0.5) is 5.69 Å². The molecule has 0 unspecified atom stereocenters. The largest absolute Gasteiger partial charge is 0.495 e. The van der Waals surface area contributed by atoms with Gasteiger partial charge in [-0.2, -0.15) is 0 Å². The van der Waals surface area contributed by atoms with Crippen molar-refractivity contribution in [1.29, 1.82) is 0 Å². The lowest BCUT2D eigenvalue weighted by molar-refractivity contribution is 0.305. The molecule has 2 rings (SSSR count). The number of hydrogen-bond acceptors (Lipinski definition) is 4. The third kappa shape index (κ3) is 4.01. The van der Waals surface area contributed by atoms with E-state index >= 15 is 0 Å². The third-order valence-electron chi connectivity index (χ3n) is 3.08. The lowest BCUT2D eigenvalue weighted by atomic mass is 10.2. The molecule has 0 saturated heterocycles. The van der Waals surface area contributed by atoms with Gasteiger partial charge in [-0.3, -0.25) is 0 Å². The summed E-state index contributed by atoms with van der Waals surface area (Å²) in [7, 11) is 3.73. The molecule has 1 heterocycles. The molecule has 110 valence electrons. The summed E-state index contributed by atoms with van der Waals surface area (Å²) in [4.78, 5) is 3.37. The minimum atomic E-state index is 0.105. The molecule has 0 aliphatic rings. The first-order chi connectivity index (χ1) is 10.3. The van der Waals surface area contributed by atoms with Gasteiger partial charge >= 0.3 is 0 Å². The van der Waals surface area contributed by atoms with Crippen LogP contribution in [0.2, 0.25) is 0 Å². The van der Waals surface area contributed by atoms with Crippen molar-refractivity contribution in [3.05, 3.63) is 46.2 Å². The molecule has 0 aliphatic carbocycles. The zero-order chi connectivity index (χ0) is 15.1. The van der Waals surface area contributed by atoms with Crippen LogP contribution >= 0.6 is 11.3 Å². The van der Waals surface area contributed by atoms with E-state index in [1.807, 2.05) is 42.8 Å². The Morgan fingerprint density at radius 2 is 2.10 bits per heavy atom. The van der Waals surface area contributed by atoms with E-state index in [9.17, 15) is 0 Å². The number of hydrogen-bond donors (Lipinski definition) is 1. The quantitative estimate of drug-likeness (QED) is 0.861. The van der Waals surface area contributed by atoms with Crippen molar-refractivity contribution in [3.63, 3.8) is 0 Å². The number of para-hydroxylation sites is 2. The van der Waals surface area contributed by atoms with Crippen molar-refractivity contribution in [2.75, 3.05) is 25.7 Å². The summed E-state index contributed by atoms with van der Waals surface area (Å²) in [5.41, 5.74) is 2.10. The number of thiophene rings is 1. The highest BCUT2D eigenvalue weighted by Gasteiger charge is 2.10. The first-order valence-corrected chi connectivity index (χ1v) is 7.64. The van der Waals surface area contributed by atoms with Crippen LogP contribution in [0.5, 0.6) is 5.75 Å². The maximum atomic E-state index is 8.79. The number of anilines is 1. The van der Waals surface area contributed by atoms with E-state index < -0.39 is 0 Å². The molecule has 0 radical (unpaired) electrons. The molecule has 0 fully saturated rings. The van der Waals surface area contributed by atoms with Crippen LogP contribution in [0.3, 0.4) is 0 Å². The maximum absolute atomic E-state index is 8.79. The smallest absolute Gasteiger partial charge is 0.142 e. The molecule has 0 bridgehead atoms. The Hall–Kier alpha value is -1.96. The average molecular weight is 301 g/mol. The lowest BCUT2D eigenvalue weighted by Crippen LogP contribution is -2.16. The molecular weight excluding hydrogens is 282 g/mol. The standard InChI is InChI=1S/C17H19NO2S/c1-18(15-8-3-4-9-16(15)20-2)13-17-14(10-12-21-17)7-5-6-11-19/h3-4,8-10,12,19H,6,11,13H2,1-2H3. The normalized spacial score (nSPS) is 9.86. The first-order valence-electron chi connectivity index (χ1n) is 6.76. The Bertz CT molecular complexity index is 639. The molecular formula is C17H19NO2S. The number of rotatable bonds is 5. The van der Waals surface area contributed by atoms with E-state index in [-0.39, 0.29) is 6.61 Å². The molecule has 21 heavy (non-hydrogen) atoms. The number of ether oxygens (including phenoxy) is 1. The molecule has 0 amide bonds. The number of aliphatic hydroxyl groups excluding tert-OH is 1. The Balaban J connectivity index is 2.15. The Kier molecular flexibility index (Phi) is 5.68. The molecule has 0 spiro atoms. The summed E-state index contributed by atoms with van der Waals surface area (Å²) < 4.78 is 5.40. The minimum Gasteiger partial charge on any atom is -0.495 e. The van der Waals surface area contributed by atoms with Crippen molar-refractivity contribution in [2.45, 2.75) is 13.0 Å². The zero-order valence-corrected chi connectivity index (χ0v) is 13.1. The monoisotopic (exact) mass is 301 g/mol. The van der Waals surface area contributed by atoms with Crippen LogP contribution in [0.1, 0.15) is 16.9 Å². The van der Waals surface area contributed by atoms with E-state index in [1.54, 1.807) is 18.4 Å². The molecule has 1 aromatic carbocycles. The van der Waals surface area contributed by atoms with Crippen molar-refractivity contribution < 1.29 is 9.84 Å². The first kappa shape index (κ1) is 15.4.